The number of nitrogens with zero attached hydrogens (tertiary/aromatic N) is 2. The Morgan fingerprint density at radius 3 is 2.05 bits per heavy atom. The van der Waals surface area contributed by atoms with Gasteiger partial charge in [-0.25, -0.2) is 4.79 Å². The Morgan fingerprint density at radius 1 is 0.872 bits per heavy atom. The minimum Gasteiger partial charge on any atom is -0.493 e. The predicted octanol–water partition coefficient (Wildman–Crippen LogP) is 5.28. The smallest absolute Gasteiger partial charge is 0.387 e. The van der Waals surface area contributed by atoms with Crippen LogP contribution in [0.1, 0.15) is 21.5 Å². The predicted molar refractivity (Wildman–Crippen MR) is 139 cm³/mol. The summed E-state index contributed by atoms with van der Waals surface area (Å²) in [5.41, 5.74) is 1.56. The molecular formula is C27H22F2N2O7S. The zero-order valence-electron chi connectivity index (χ0n) is 20.9. The molecule has 0 aliphatic rings. The summed E-state index contributed by atoms with van der Waals surface area (Å²) in [7, 11) is 4.32. The number of ether oxygens (including phenoxy) is 4. The summed E-state index contributed by atoms with van der Waals surface area (Å²) in [5, 5.41) is 10.3. The van der Waals surface area contributed by atoms with Gasteiger partial charge >= 0.3 is 12.6 Å². The number of Topliss-reactive ketones (excluding diaryl/α,β-unsaturated/α-hetero) is 1. The number of halogens is 2. The highest BCUT2D eigenvalue weighted by atomic mass is 32.1. The van der Waals surface area contributed by atoms with E-state index in [1.54, 1.807) is 30.3 Å². The van der Waals surface area contributed by atoms with Gasteiger partial charge in [-0.15, -0.1) is 0 Å². The van der Waals surface area contributed by atoms with E-state index in [0.717, 1.165) is 11.7 Å². The highest BCUT2D eigenvalue weighted by molar-refractivity contribution is 7.00. The number of aliphatic carboxylic acids is 1. The maximum absolute atomic E-state index is 13.8. The van der Waals surface area contributed by atoms with Crippen LogP contribution < -0.4 is 18.9 Å². The van der Waals surface area contributed by atoms with Crippen molar-refractivity contribution in [3.05, 3.63) is 76.9 Å². The van der Waals surface area contributed by atoms with Gasteiger partial charge in [-0.2, -0.15) is 17.5 Å². The third-order valence-corrected chi connectivity index (χ3v) is 6.34. The molecule has 0 saturated heterocycles. The fourth-order valence-electron chi connectivity index (χ4n) is 4.05. The molecule has 0 amide bonds. The molecule has 1 aromatic heterocycles. The zero-order valence-corrected chi connectivity index (χ0v) is 21.8. The van der Waals surface area contributed by atoms with Gasteiger partial charge in [0.05, 0.1) is 38.6 Å². The quantitative estimate of drug-likeness (QED) is 0.194. The molecule has 9 nitrogen and oxygen atoms in total. The second-order valence-electron chi connectivity index (χ2n) is 8.07. The Morgan fingerprint density at radius 2 is 1.49 bits per heavy atom. The molecule has 4 rings (SSSR count). The van der Waals surface area contributed by atoms with Crippen LogP contribution in [0.25, 0.3) is 16.6 Å². The van der Waals surface area contributed by atoms with Gasteiger partial charge in [0.25, 0.3) is 0 Å². The van der Waals surface area contributed by atoms with E-state index < -0.39 is 18.4 Å². The first kappa shape index (κ1) is 27.5. The van der Waals surface area contributed by atoms with Crippen molar-refractivity contribution in [1.82, 2.24) is 8.75 Å². The van der Waals surface area contributed by atoms with Crippen LogP contribution in [0.2, 0.25) is 0 Å². The monoisotopic (exact) mass is 556 g/mol. The Kier molecular flexibility index (Phi) is 8.35. The second kappa shape index (κ2) is 11.9. The number of hydrogen-bond donors (Lipinski definition) is 1. The van der Waals surface area contributed by atoms with Crippen LogP contribution in [0.4, 0.5) is 8.78 Å². The first-order chi connectivity index (χ1) is 18.7. The molecule has 0 fully saturated rings. The minimum atomic E-state index is -3.03. The number of hydrogen-bond acceptors (Lipinski definition) is 9. The molecule has 4 aromatic rings. The van der Waals surface area contributed by atoms with Crippen LogP contribution in [0.15, 0.2) is 60.2 Å². The van der Waals surface area contributed by atoms with Gasteiger partial charge in [-0.3, -0.25) is 4.79 Å². The van der Waals surface area contributed by atoms with E-state index in [2.05, 4.69) is 13.5 Å². The van der Waals surface area contributed by atoms with Crippen LogP contribution in [-0.2, 0) is 11.2 Å². The normalized spacial score (nSPS) is 11.7. The molecule has 0 aliphatic heterocycles. The lowest BCUT2D eigenvalue weighted by Gasteiger charge is -2.17. The second-order valence-corrected chi connectivity index (χ2v) is 8.60. The number of methoxy groups -OCH3 is 3. The SMILES string of the molecule is COc1cc(C/C(C(=O)c2ccc(OC(F)F)cc2)=C(/C(=O)O)c2ccc3nsnc3c2)cc(OC)c1OC. The first-order valence-electron chi connectivity index (χ1n) is 11.3. The lowest BCUT2D eigenvalue weighted by atomic mass is 9.89. The maximum Gasteiger partial charge on any atom is 0.387 e. The van der Waals surface area contributed by atoms with E-state index in [9.17, 15) is 23.5 Å². The Balaban J connectivity index is 1.89. The number of carbonyl (C=O) groups excluding carboxylic acids is 1. The summed E-state index contributed by atoms with van der Waals surface area (Å²) in [4.78, 5) is 26.5. The van der Waals surface area contributed by atoms with Crippen molar-refractivity contribution < 1.29 is 42.4 Å². The molecule has 12 heteroatoms. The Labute approximate surface area is 225 Å². The lowest BCUT2D eigenvalue weighted by molar-refractivity contribution is -0.130. The Hall–Kier alpha value is -4.58. The highest BCUT2D eigenvalue weighted by Gasteiger charge is 2.26. The van der Waals surface area contributed by atoms with Gasteiger partial charge in [0.15, 0.2) is 17.3 Å². The van der Waals surface area contributed by atoms with E-state index in [-0.39, 0.29) is 34.4 Å². The van der Waals surface area contributed by atoms with Crippen molar-refractivity contribution in [2.24, 2.45) is 0 Å². The zero-order chi connectivity index (χ0) is 28.1. The molecule has 0 radical (unpaired) electrons. The van der Waals surface area contributed by atoms with Crippen LogP contribution in [0.5, 0.6) is 23.0 Å². The number of benzene rings is 3. The van der Waals surface area contributed by atoms with Gasteiger partial charge in [0, 0.05) is 17.6 Å². The molecule has 1 N–H and O–H groups in total. The number of ketones is 1. The van der Waals surface area contributed by atoms with Crippen LogP contribution in [0.3, 0.4) is 0 Å². The molecule has 0 spiro atoms. The number of fused-ring (bicyclic) bond motifs is 1. The van der Waals surface area contributed by atoms with Crippen molar-refractivity contribution in [3.8, 4) is 23.0 Å². The standard InChI is InChI=1S/C27H22F2N2O7S/c1-35-21-11-14(12-22(36-2)25(21)37-3)10-18(24(32)15-4-7-17(8-5-15)38-27(28)29)23(26(33)34)16-6-9-19-20(13-16)31-39-30-19/h4-9,11-13,27H,10H2,1-3H3,(H,33,34)/b23-18-. The van der Waals surface area contributed by atoms with E-state index in [1.165, 1.54) is 45.6 Å². The van der Waals surface area contributed by atoms with E-state index in [0.29, 0.717) is 33.8 Å². The summed E-state index contributed by atoms with van der Waals surface area (Å²) in [6.07, 6.45) is -0.139. The van der Waals surface area contributed by atoms with Gasteiger partial charge in [0.1, 0.15) is 16.8 Å². The third-order valence-electron chi connectivity index (χ3n) is 5.78. The molecule has 39 heavy (non-hydrogen) atoms. The number of carboxylic acid groups (broad SMARTS) is 1. The van der Waals surface area contributed by atoms with Crippen molar-refractivity contribution in [1.29, 1.82) is 0 Å². The molecular weight excluding hydrogens is 534 g/mol. The van der Waals surface area contributed by atoms with Crippen molar-refractivity contribution in [3.63, 3.8) is 0 Å². The van der Waals surface area contributed by atoms with Crippen molar-refractivity contribution >= 4 is 40.1 Å². The fraction of sp³-hybridized carbons (Fsp3) is 0.185. The van der Waals surface area contributed by atoms with E-state index >= 15 is 0 Å². The summed E-state index contributed by atoms with van der Waals surface area (Å²) in [6, 6.07) is 13.0. The number of carbonyl (C=O) groups is 2. The van der Waals surface area contributed by atoms with Crippen LogP contribution in [-0.4, -0.2) is 53.5 Å². The Bertz CT molecular complexity index is 1530. The van der Waals surface area contributed by atoms with E-state index in [1.807, 2.05) is 0 Å². The van der Waals surface area contributed by atoms with Gasteiger partial charge in [-0.05, 0) is 59.7 Å². The molecule has 0 bridgehead atoms. The fourth-order valence-corrected chi connectivity index (χ4v) is 4.57. The number of rotatable bonds is 11. The van der Waals surface area contributed by atoms with E-state index in [4.69, 9.17) is 14.2 Å². The number of alkyl halides is 2. The lowest BCUT2D eigenvalue weighted by Crippen LogP contribution is -2.14. The average Bonchev–Trinajstić information content (AvgIpc) is 3.39. The molecule has 1 heterocycles. The number of allylic oxidation sites excluding steroid dienone is 1. The highest BCUT2D eigenvalue weighted by Crippen LogP contribution is 2.39. The van der Waals surface area contributed by atoms with Crippen molar-refractivity contribution in [2.45, 2.75) is 13.0 Å². The van der Waals surface area contributed by atoms with Crippen molar-refractivity contribution in [2.75, 3.05) is 21.3 Å². The summed E-state index contributed by atoms with van der Waals surface area (Å²) < 4.78 is 54.1. The maximum atomic E-state index is 13.8. The molecule has 0 saturated carbocycles. The summed E-state index contributed by atoms with van der Waals surface area (Å²) >= 11 is 0.978. The topological polar surface area (TPSA) is 117 Å². The van der Waals surface area contributed by atoms with Crippen LogP contribution >= 0.6 is 11.7 Å². The number of aromatic nitrogens is 2. The third kappa shape index (κ3) is 5.96. The average molecular weight is 557 g/mol. The molecule has 0 aliphatic carbocycles. The summed E-state index contributed by atoms with van der Waals surface area (Å²) in [6.45, 7) is -3.03. The number of carboxylic acids is 1. The molecule has 0 unspecified atom stereocenters. The largest absolute Gasteiger partial charge is 0.493 e. The molecule has 202 valence electrons. The molecule has 0 atom stereocenters. The summed E-state index contributed by atoms with van der Waals surface area (Å²) in [5.74, 6) is -1.14. The first-order valence-corrected chi connectivity index (χ1v) is 12.1. The molecule has 3 aromatic carbocycles. The van der Waals surface area contributed by atoms with Crippen LogP contribution in [0, 0.1) is 0 Å². The minimum absolute atomic E-state index is 0.0677. The van der Waals surface area contributed by atoms with Gasteiger partial charge in [-0.1, -0.05) is 6.07 Å². The van der Waals surface area contributed by atoms with Gasteiger partial charge < -0.3 is 24.1 Å². The van der Waals surface area contributed by atoms with Gasteiger partial charge in [0.2, 0.25) is 5.75 Å².